The number of nitrogens with one attached hydrogen (secondary N) is 1. The fourth-order valence-electron chi connectivity index (χ4n) is 5.36. The van der Waals surface area contributed by atoms with E-state index in [9.17, 15) is 4.79 Å². The number of carbonyl (C=O) groups excluding carboxylic acids is 1. The number of aromatic amines is 1. The van der Waals surface area contributed by atoms with Crippen molar-refractivity contribution in [3.05, 3.63) is 46.9 Å². The van der Waals surface area contributed by atoms with E-state index in [0.717, 1.165) is 25.9 Å². The van der Waals surface area contributed by atoms with Crippen LogP contribution in [-0.2, 0) is 20.7 Å². The van der Waals surface area contributed by atoms with Gasteiger partial charge in [-0.3, -0.25) is 4.90 Å². The molecule has 146 valence electrons. The van der Waals surface area contributed by atoms with Crippen molar-refractivity contribution in [2.45, 2.75) is 38.8 Å². The van der Waals surface area contributed by atoms with Crippen molar-refractivity contribution >= 4 is 16.9 Å². The van der Waals surface area contributed by atoms with E-state index < -0.39 is 0 Å². The molecule has 4 atom stereocenters. The molecule has 0 saturated carbocycles. The fourth-order valence-corrected chi connectivity index (χ4v) is 5.36. The quantitative estimate of drug-likeness (QED) is 0.772. The van der Waals surface area contributed by atoms with E-state index in [4.69, 9.17) is 9.47 Å². The van der Waals surface area contributed by atoms with Crippen LogP contribution in [0.3, 0.4) is 0 Å². The summed E-state index contributed by atoms with van der Waals surface area (Å²) in [5, 5.41) is 1.35. The number of fused-ring (bicyclic) bond motifs is 6. The molecule has 5 heteroatoms. The number of aryl methyl sites for hydroxylation is 1. The Balaban J connectivity index is 0.00000120. The molecule has 3 aliphatic rings. The number of nitrogens with zero attached hydrogens (tertiary/aromatic N) is 1. The lowest BCUT2D eigenvalue weighted by atomic mass is 9.72. The molecule has 1 saturated heterocycles. The fraction of sp³-hybridized carbons (Fsp3) is 0.500. The average Bonchev–Trinajstić information content (AvgIpc) is 3.04. The van der Waals surface area contributed by atoms with Gasteiger partial charge in [0.1, 0.15) is 0 Å². The van der Waals surface area contributed by atoms with Gasteiger partial charge in [-0.1, -0.05) is 12.1 Å². The number of rotatable bonds is 1. The van der Waals surface area contributed by atoms with Crippen LogP contribution in [0.25, 0.3) is 10.9 Å². The van der Waals surface area contributed by atoms with Crippen LogP contribution < -0.4 is 0 Å². The normalized spacial score (nSPS) is 30.0. The van der Waals surface area contributed by atoms with E-state index in [1.807, 2.05) is 0 Å². The zero-order valence-corrected chi connectivity index (χ0v) is 16.1. The minimum absolute atomic E-state index is 0. The summed E-state index contributed by atoms with van der Waals surface area (Å²) in [4.78, 5) is 18.6. The van der Waals surface area contributed by atoms with Crippen molar-refractivity contribution in [2.24, 2.45) is 11.8 Å². The molecule has 1 aromatic carbocycles. The zero-order valence-electron chi connectivity index (χ0n) is 16.1. The molecular formula is C22H30N2O3. The second kappa shape index (κ2) is 6.13. The van der Waals surface area contributed by atoms with Gasteiger partial charge in [-0.05, 0) is 43.9 Å². The van der Waals surface area contributed by atoms with Crippen LogP contribution in [-0.4, -0.2) is 42.2 Å². The number of benzene rings is 1. The summed E-state index contributed by atoms with van der Waals surface area (Å²) < 4.78 is 10.8. The highest BCUT2D eigenvalue weighted by molar-refractivity contribution is 5.89. The molecule has 5 nitrogen and oxygen atoms in total. The summed E-state index contributed by atoms with van der Waals surface area (Å²) in [7, 11) is 1.45. The molecule has 3 unspecified atom stereocenters. The van der Waals surface area contributed by atoms with Crippen molar-refractivity contribution < 1.29 is 17.1 Å². The van der Waals surface area contributed by atoms with E-state index in [1.165, 1.54) is 34.8 Å². The summed E-state index contributed by atoms with van der Waals surface area (Å²) in [6.45, 7) is 6.27. The molecule has 0 amide bonds. The number of hydrogen-bond acceptors (Lipinski definition) is 4. The van der Waals surface area contributed by atoms with Crippen molar-refractivity contribution in [1.29, 1.82) is 0 Å². The number of aromatic nitrogens is 1. The van der Waals surface area contributed by atoms with Crippen LogP contribution >= 0.6 is 0 Å². The first-order chi connectivity index (χ1) is 13.1. The lowest BCUT2D eigenvalue weighted by molar-refractivity contribution is -0.139. The summed E-state index contributed by atoms with van der Waals surface area (Å²) in [5.41, 5.74) is 5.99. The minimum Gasteiger partial charge on any atom is -0.497 e. The van der Waals surface area contributed by atoms with E-state index in [-0.39, 0.29) is 20.8 Å². The highest BCUT2D eigenvalue weighted by Crippen LogP contribution is 2.47. The van der Waals surface area contributed by atoms with Gasteiger partial charge >= 0.3 is 5.97 Å². The van der Waals surface area contributed by atoms with Gasteiger partial charge in [0.2, 0.25) is 0 Å². The maximum absolute atomic E-state index is 12.3. The van der Waals surface area contributed by atoms with Crippen molar-refractivity contribution in [3.8, 4) is 0 Å². The van der Waals surface area contributed by atoms with Gasteiger partial charge in [0, 0.05) is 44.4 Å². The molecule has 0 aliphatic carbocycles. The standard InChI is InChI=1S/C22H26N2O3.2H2/c1-12-4-5-14-15-6-7-24-10-17-13(2)27-11-18(22(25)26-3)16(17)9-20(24)21(15)23-19(14)8-12;;/h4-5,8,11,13,16-17,20,23H,6-7,9-10H2,1-3H3;2*1H/t13?,16?,17-,20?;;/m1../s1. The number of methoxy groups -OCH3 is 1. The van der Waals surface area contributed by atoms with Crippen molar-refractivity contribution in [3.63, 3.8) is 0 Å². The van der Waals surface area contributed by atoms with Gasteiger partial charge in [0.25, 0.3) is 0 Å². The Kier molecular flexibility index (Phi) is 3.83. The molecule has 0 radical (unpaired) electrons. The maximum Gasteiger partial charge on any atom is 0.337 e. The predicted octanol–water partition coefficient (Wildman–Crippen LogP) is 3.98. The van der Waals surface area contributed by atoms with Crippen LogP contribution in [0.5, 0.6) is 0 Å². The number of H-pyrrole nitrogens is 1. The molecule has 27 heavy (non-hydrogen) atoms. The van der Waals surface area contributed by atoms with Crippen LogP contribution in [0, 0.1) is 18.8 Å². The molecule has 3 aliphatic heterocycles. The van der Waals surface area contributed by atoms with Gasteiger partial charge in [-0.25, -0.2) is 4.79 Å². The van der Waals surface area contributed by atoms with Crippen LogP contribution in [0.1, 0.15) is 39.1 Å². The topological polar surface area (TPSA) is 54.6 Å². The molecular weight excluding hydrogens is 340 g/mol. The van der Waals surface area contributed by atoms with Crippen LogP contribution in [0.2, 0.25) is 0 Å². The number of carbonyl (C=O) groups is 1. The lowest BCUT2D eigenvalue weighted by Crippen LogP contribution is -2.51. The molecule has 5 rings (SSSR count). The first kappa shape index (κ1) is 16.9. The third-order valence-corrected chi connectivity index (χ3v) is 6.79. The van der Waals surface area contributed by atoms with E-state index >= 15 is 0 Å². The Hall–Kier alpha value is -2.27. The third-order valence-electron chi connectivity index (χ3n) is 6.79. The van der Waals surface area contributed by atoms with Crippen molar-refractivity contribution in [2.75, 3.05) is 20.2 Å². The summed E-state index contributed by atoms with van der Waals surface area (Å²) >= 11 is 0. The smallest absolute Gasteiger partial charge is 0.337 e. The zero-order chi connectivity index (χ0) is 18.7. The monoisotopic (exact) mass is 370 g/mol. The highest BCUT2D eigenvalue weighted by Gasteiger charge is 2.46. The molecule has 1 fully saturated rings. The van der Waals surface area contributed by atoms with Gasteiger partial charge in [-0.2, -0.15) is 0 Å². The maximum atomic E-state index is 12.3. The van der Waals surface area contributed by atoms with E-state index in [1.54, 1.807) is 6.26 Å². The Labute approximate surface area is 162 Å². The Morgan fingerprint density at radius 3 is 3.07 bits per heavy atom. The van der Waals surface area contributed by atoms with Crippen molar-refractivity contribution in [1.82, 2.24) is 9.88 Å². The van der Waals surface area contributed by atoms with E-state index in [0.29, 0.717) is 17.5 Å². The number of esters is 1. The van der Waals surface area contributed by atoms with Crippen LogP contribution in [0.4, 0.5) is 0 Å². The summed E-state index contributed by atoms with van der Waals surface area (Å²) in [5.74, 6) is 0.253. The van der Waals surface area contributed by atoms with Gasteiger partial charge in [-0.15, -0.1) is 0 Å². The largest absolute Gasteiger partial charge is 0.497 e. The minimum atomic E-state index is -0.256. The van der Waals surface area contributed by atoms with Gasteiger partial charge in [0.15, 0.2) is 0 Å². The van der Waals surface area contributed by atoms with Crippen LogP contribution in [0.15, 0.2) is 30.0 Å². The van der Waals surface area contributed by atoms with E-state index in [2.05, 4.69) is 41.9 Å². The first-order valence-electron chi connectivity index (χ1n) is 9.85. The number of hydrogen-bond donors (Lipinski definition) is 1. The highest BCUT2D eigenvalue weighted by atomic mass is 16.5. The molecule has 1 aromatic heterocycles. The second-order valence-electron chi connectivity index (χ2n) is 8.24. The van der Waals surface area contributed by atoms with Gasteiger partial charge < -0.3 is 14.5 Å². The Morgan fingerprint density at radius 2 is 2.26 bits per heavy atom. The number of ether oxygens (including phenoxy) is 2. The lowest BCUT2D eigenvalue weighted by Gasteiger charge is -2.49. The Bertz CT molecular complexity index is 955. The molecule has 0 spiro atoms. The molecule has 1 N–H and O–H groups in total. The summed E-state index contributed by atoms with van der Waals surface area (Å²) in [6, 6.07) is 7.00. The predicted molar refractivity (Wildman–Crippen MR) is 108 cm³/mol. The molecule has 4 heterocycles. The third kappa shape index (κ3) is 2.52. The average molecular weight is 370 g/mol. The number of piperidine rings is 1. The van der Waals surface area contributed by atoms with Gasteiger partial charge in [0.05, 0.1) is 31.1 Å². The molecule has 2 aromatic rings. The second-order valence-corrected chi connectivity index (χ2v) is 8.24. The SMILES string of the molecule is COC(=O)C1=COC(C)[C@H]2CN3CCc4c([nH]c5cc(C)ccc45)C3CC12.[HH].[HH]. The Morgan fingerprint density at radius 1 is 1.41 bits per heavy atom. The first-order valence-corrected chi connectivity index (χ1v) is 9.85. The molecule has 0 bridgehead atoms. The summed E-state index contributed by atoms with van der Waals surface area (Å²) in [6.07, 6.45) is 3.77.